The third-order valence-corrected chi connectivity index (χ3v) is 5.65. The number of rotatable bonds is 8. The lowest BCUT2D eigenvalue weighted by atomic mass is 10.2. The molecule has 0 amide bonds. The molecule has 0 bridgehead atoms. The summed E-state index contributed by atoms with van der Waals surface area (Å²) in [6.45, 7) is 5.80. The van der Waals surface area contributed by atoms with Gasteiger partial charge in [-0.3, -0.25) is 9.89 Å². The van der Waals surface area contributed by atoms with E-state index in [9.17, 15) is 8.42 Å². The van der Waals surface area contributed by atoms with Gasteiger partial charge >= 0.3 is 0 Å². The van der Waals surface area contributed by atoms with Crippen molar-refractivity contribution in [1.29, 1.82) is 0 Å². The molecule has 1 fully saturated rings. The predicted molar refractivity (Wildman–Crippen MR) is 115 cm³/mol. The number of sulfonamides is 1. The van der Waals surface area contributed by atoms with Crippen LogP contribution in [0.15, 0.2) is 22.5 Å². The van der Waals surface area contributed by atoms with Gasteiger partial charge < -0.3 is 10.6 Å². The van der Waals surface area contributed by atoms with Gasteiger partial charge in [0.2, 0.25) is 10.0 Å². The minimum Gasteiger partial charge on any atom is -0.357 e. The fourth-order valence-electron chi connectivity index (χ4n) is 2.75. The second-order valence-electron chi connectivity index (χ2n) is 5.79. The van der Waals surface area contributed by atoms with Crippen molar-refractivity contribution in [3.63, 3.8) is 0 Å². The van der Waals surface area contributed by atoms with Crippen LogP contribution in [-0.2, 0) is 10.0 Å². The fourth-order valence-corrected chi connectivity index (χ4v) is 3.99. The largest absolute Gasteiger partial charge is 0.357 e. The first kappa shape index (κ1) is 22.6. The molecule has 2 rings (SSSR count). The maximum atomic E-state index is 11.0. The minimum absolute atomic E-state index is 0. The molecule has 10 heteroatoms. The third-order valence-electron chi connectivity index (χ3n) is 3.90. The highest BCUT2D eigenvalue weighted by molar-refractivity contribution is 14.0. The molecular weight excluding hydrogens is 473 g/mol. The van der Waals surface area contributed by atoms with E-state index in [0.717, 1.165) is 13.1 Å². The Hall–Kier alpha value is -0.430. The van der Waals surface area contributed by atoms with E-state index in [1.165, 1.54) is 17.7 Å². The molecule has 1 aliphatic rings. The van der Waals surface area contributed by atoms with Crippen molar-refractivity contribution in [3.05, 3.63) is 22.4 Å². The van der Waals surface area contributed by atoms with Crippen molar-refractivity contribution in [2.45, 2.75) is 25.8 Å². The number of nitrogens with zero attached hydrogens (tertiary/aromatic N) is 2. The summed E-state index contributed by atoms with van der Waals surface area (Å²) >= 11 is 1.76. The fraction of sp³-hybridized carbons (Fsp3) is 0.667. The van der Waals surface area contributed by atoms with Gasteiger partial charge in [-0.1, -0.05) is 6.07 Å². The average Bonchev–Trinajstić information content (AvgIpc) is 3.20. The highest BCUT2D eigenvalue weighted by Gasteiger charge is 2.24. The molecule has 0 aromatic carbocycles. The molecule has 1 saturated heterocycles. The lowest BCUT2D eigenvalue weighted by Gasteiger charge is -2.25. The van der Waals surface area contributed by atoms with Crippen molar-refractivity contribution in [1.82, 2.24) is 15.5 Å². The number of likely N-dealkylation sites (tertiary alicyclic amines) is 1. The molecule has 4 N–H and O–H groups in total. The first-order valence-electron chi connectivity index (χ1n) is 8.29. The first-order valence-corrected chi connectivity index (χ1v) is 10.9. The van der Waals surface area contributed by atoms with Crippen molar-refractivity contribution >= 4 is 51.3 Å². The maximum absolute atomic E-state index is 11.0. The van der Waals surface area contributed by atoms with Crippen LogP contribution >= 0.6 is 35.3 Å². The highest BCUT2D eigenvalue weighted by Crippen LogP contribution is 2.28. The zero-order valence-corrected chi connectivity index (χ0v) is 18.4. The number of primary sulfonamides is 1. The van der Waals surface area contributed by atoms with E-state index in [1.54, 1.807) is 11.3 Å². The molecule has 144 valence electrons. The number of thiophene rings is 1. The summed E-state index contributed by atoms with van der Waals surface area (Å²) in [4.78, 5) is 8.45. The van der Waals surface area contributed by atoms with Crippen LogP contribution in [0.25, 0.3) is 0 Å². The third kappa shape index (κ3) is 8.20. The van der Waals surface area contributed by atoms with Gasteiger partial charge in [0.15, 0.2) is 5.96 Å². The molecule has 7 nitrogen and oxygen atoms in total. The van der Waals surface area contributed by atoms with Gasteiger partial charge in [-0.25, -0.2) is 13.6 Å². The van der Waals surface area contributed by atoms with Gasteiger partial charge in [-0.15, -0.1) is 35.3 Å². The molecule has 1 aliphatic heterocycles. The molecule has 2 heterocycles. The summed E-state index contributed by atoms with van der Waals surface area (Å²) in [5.41, 5.74) is 0. The summed E-state index contributed by atoms with van der Waals surface area (Å²) in [7, 11) is -3.47. The van der Waals surface area contributed by atoms with Gasteiger partial charge in [0.05, 0.1) is 18.3 Å². The number of nitrogens with one attached hydrogen (secondary N) is 2. The average molecular weight is 501 g/mol. The topological polar surface area (TPSA) is 99.8 Å². The highest BCUT2D eigenvalue weighted by atomic mass is 127. The molecule has 0 saturated carbocycles. The number of halogens is 1. The van der Waals surface area contributed by atoms with Crippen LogP contribution in [0.1, 0.15) is 30.7 Å². The summed E-state index contributed by atoms with van der Waals surface area (Å²) in [6.07, 6.45) is 2.47. The summed E-state index contributed by atoms with van der Waals surface area (Å²) in [5, 5.41) is 13.3. The normalized spacial score (nSPS) is 17.1. The van der Waals surface area contributed by atoms with Crippen LogP contribution in [0.2, 0.25) is 0 Å². The number of aliphatic imine (C=N–C) groups is 1. The predicted octanol–water partition coefficient (Wildman–Crippen LogP) is 1.35. The lowest BCUT2D eigenvalue weighted by molar-refractivity contribution is 0.255. The van der Waals surface area contributed by atoms with E-state index in [1.807, 2.05) is 6.92 Å². The Morgan fingerprint density at radius 2 is 2.12 bits per heavy atom. The second kappa shape index (κ2) is 11.3. The van der Waals surface area contributed by atoms with E-state index in [4.69, 9.17) is 5.14 Å². The number of hydrogen-bond donors (Lipinski definition) is 3. The molecule has 0 radical (unpaired) electrons. The van der Waals surface area contributed by atoms with Gasteiger partial charge in [0, 0.05) is 18.0 Å². The monoisotopic (exact) mass is 501 g/mol. The van der Waals surface area contributed by atoms with Crippen LogP contribution in [0.4, 0.5) is 0 Å². The van der Waals surface area contributed by atoms with Crippen LogP contribution in [0.3, 0.4) is 0 Å². The van der Waals surface area contributed by atoms with Gasteiger partial charge in [-0.05, 0) is 44.3 Å². The number of hydrogen-bond acceptors (Lipinski definition) is 5. The van der Waals surface area contributed by atoms with Gasteiger partial charge in [0.25, 0.3) is 0 Å². The van der Waals surface area contributed by atoms with Crippen molar-refractivity contribution in [2.24, 2.45) is 10.1 Å². The zero-order valence-electron chi connectivity index (χ0n) is 14.5. The van der Waals surface area contributed by atoms with Crippen LogP contribution in [0.5, 0.6) is 0 Å². The number of nitrogens with two attached hydrogens (primary N) is 1. The molecule has 1 unspecified atom stereocenters. The quantitative estimate of drug-likeness (QED) is 0.284. The van der Waals surface area contributed by atoms with E-state index in [2.05, 4.69) is 38.0 Å². The first-order chi connectivity index (χ1) is 11.5. The van der Waals surface area contributed by atoms with Crippen molar-refractivity contribution in [3.8, 4) is 0 Å². The van der Waals surface area contributed by atoms with Crippen LogP contribution in [-0.4, -0.2) is 57.8 Å². The molecule has 1 aromatic rings. The van der Waals surface area contributed by atoms with Gasteiger partial charge in [0.1, 0.15) is 0 Å². The standard InChI is InChI=1S/C15H27N5O2S2.HI/c1-2-17-15(18-7-11-24(16,21)22)19-12-13(14-6-5-10-23-14)20-8-3-4-9-20;/h5-6,10,13H,2-4,7-9,11-12H2,1H3,(H2,16,21,22)(H2,17,18,19);1H. The van der Waals surface area contributed by atoms with E-state index >= 15 is 0 Å². The Morgan fingerprint density at radius 1 is 1.40 bits per heavy atom. The Balaban J connectivity index is 0.00000312. The SMILES string of the molecule is CCNC(=NCC(c1cccs1)N1CCCC1)NCCS(N)(=O)=O.I. The molecule has 0 aliphatic carbocycles. The summed E-state index contributed by atoms with van der Waals surface area (Å²) in [5.74, 6) is 0.514. The minimum atomic E-state index is -3.47. The van der Waals surface area contributed by atoms with Crippen LogP contribution in [0, 0.1) is 0 Å². The summed E-state index contributed by atoms with van der Waals surface area (Å²) in [6, 6.07) is 4.51. The molecule has 1 aromatic heterocycles. The van der Waals surface area contributed by atoms with E-state index in [-0.39, 0.29) is 42.3 Å². The van der Waals surface area contributed by atoms with Crippen LogP contribution < -0.4 is 15.8 Å². The van der Waals surface area contributed by atoms with Crippen molar-refractivity contribution in [2.75, 3.05) is 38.5 Å². The number of guanidine groups is 1. The van der Waals surface area contributed by atoms with Crippen molar-refractivity contribution < 1.29 is 8.42 Å². The Bertz CT molecular complexity index is 616. The Kier molecular flexibility index (Phi) is 10.2. The molecule has 25 heavy (non-hydrogen) atoms. The second-order valence-corrected chi connectivity index (χ2v) is 8.50. The Morgan fingerprint density at radius 3 is 2.68 bits per heavy atom. The molecule has 0 spiro atoms. The Labute approximate surface area is 171 Å². The van der Waals surface area contributed by atoms with E-state index in [0.29, 0.717) is 19.0 Å². The summed E-state index contributed by atoms with van der Waals surface area (Å²) < 4.78 is 22.1. The maximum Gasteiger partial charge on any atom is 0.210 e. The molecule has 1 atom stereocenters. The smallest absolute Gasteiger partial charge is 0.210 e. The zero-order chi connectivity index (χ0) is 17.4. The van der Waals surface area contributed by atoms with Gasteiger partial charge in [-0.2, -0.15) is 0 Å². The lowest BCUT2D eigenvalue weighted by Crippen LogP contribution is -2.41. The molecular formula is C15H28IN5O2S2. The van der Waals surface area contributed by atoms with E-state index < -0.39 is 10.0 Å².